The van der Waals surface area contributed by atoms with Gasteiger partial charge in [-0.15, -0.1) is 0 Å². The molecule has 0 bridgehead atoms. The summed E-state index contributed by atoms with van der Waals surface area (Å²) in [5.74, 6) is 0.354. The van der Waals surface area contributed by atoms with Crippen molar-refractivity contribution in [3.05, 3.63) is 78.1 Å². The summed E-state index contributed by atoms with van der Waals surface area (Å²) in [6.45, 7) is 11.7. The number of benzene rings is 3. The molecule has 3 aromatic carbocycles. The Hall–Kier alpha value is -3.98. The van der Waals surface area contributed by atoms with Gasteiger partial charge in [-0.1, -0.05) is 57.2 Å². The SMILES string of the molecule is COc1c(NC(=O)Nc2ccc(-c3ccc(CN4CCOCC4)nc3)c3ccccc23)cc(C(C)(C)C)cc1N(I)C(=O)OC[C@@H]1CCCN1C. The Labute approximate surface area is 314 Å². The lowest BCUT2D eigenvalue weighted by atomic mass is 9.86. The number of nitrogens with zero attached hydrogens (tertiary/aromatic N) is 4. The van der Waals surface area contributed by atoms with Crippen molar-refractivity contribution in [2.75, 3.05) is 67.4 Å². The quantitative estimate of drug-likeness (QED) is 0.129. The molecule has 0 unspecified atom stereocenters. The number of anilines is 3. The number of hydrogen-bond acceptors (Lipinski definition) is 8. The molecular formula is C39H47IN6O5. The van der Waals surface area contributed by atoms with Crippen molar-refractivity contribution in [1.82, 2.24) is 14.8 Å². The predicted molar refractivity (Wildman–Crippen MR) is 211 cm³/mol. The molecule has 11 nitrogen and oxygen atoms in total. The number of rotatable bonds is 9. The highest BCUT2D eigenvalue weighted by molar-refractivity contribution is 14.1. The zero-order chi connectivity index (χ0) is 36.1. The molecule has 2 fully saturated rings. The van der Waals surface area contributed by atoms with Crippen LogP contribution in [0.4, 0.5) is 26.7 Å². The molecule has 1 aromatic heterocycles. The van der Waals surface area contributed by atoms with Crippen LogP contribution in [0.2, 0.25) is 0 Å². The maximum Gasteiger partial charge on any atom is 0.423 e. The molecule has 12 heteroatoms. The van der Waals surface area contributed by atoms with Crippen molar-refractivity contribution in [3.8, 4) is 16.9 Å². The van der Waals surface area contributed by atoms with E-state index >= 15 is 0 Å². The second-order valence-electron chi connectivity index (χ2n) is 14.2. The normalized spacial score (nSPS) is 16.9. The Morgan fingerprint density at radius 3 is 2.41 bits per heavy atom. The summed E-state index contributed by atoms with van der Waals surface area (Å²) >= 11 is 1.94. The first-order valence-electron chi connectivity index (χ1n) is 17.4. The summed E-state index contributed by atoms with van der Waals surface area (Å²) in [6.07, 6.45) is 3.51. The van der Waals surface area contributed by atoms with Crippen LogP contribution in [-0.2, 0) is 21.4 Å². The van der Waals surface area contributed by atoms with Gasteiger partial charge < -0.3 is 29.7 Å². The molecule has 2 aliphatic heterocycles. The van der Waals surface area contributed by atoms with Gasteiger partial charge >= 0.3 is 12.1 Å². The number of carbonyl (C=O) groups is 2. The number of hydrogen-bond donors (Lipinski definition) is 2. The summed E-state index contributed by atoms with van der Waals surface area (Å²) in [6, 6.07) is 19.7. The van der Waals surface area contributed by atoms with Crippen molar-refractivity contribution in [2.24, 2.45) is 0 Å². The number of amides is 3. The van der Waals surface area contributed by atoms with Crippen LogP contribution in [0, 0.1) is 0 Å². The van der Waals surface area contributed by atoms with Crippen LogP contribution in [0.15, 0.2) is 66.9 Å². The highest BCUT2D eigenvalue weighted by Crippen LogP contribution is 2.42. The van der Waals surface area contributed by atoms with Gasteiger partial charge in [-0.25, -0.2) is 12.7 Å². The molecule has 0 aliphatic carbocycles. The minimum absolute atomic E-state index is 0.204. The van der Waals surface area contributed by atoms with Crippen molar-refractivity contribution >= 4 is 62.8 Å². The van der Waals surface area contributed by atoms with Gasteiger partial charge in [0.2, 0.25) is 0 Å². The van der Waals surface area contributed by atoms with E-state index in [1.54, 1.807) is 0 Å². The molecule has 0 saturated carbocycles. The van der Waals surface area contributed by atoms with E-state index in [4.69, 9.17) is 19.2 Å². The maximum absolute atomic E-state index is 13.7. The lowest BCUT2D eigenvalue weighted by molar-refractivity contribution is 0.0336. The molecule has 51 heavy (non-hydrogen) atoms. The van der Waals surface area contributed by atoms with Gasteiger partial charge in [0.1, 0.15) is 12.3 Å². The Bertz CT molecular complexity index is 1860. The predicted octanol–water partition coefficient (Wildman–Crippen LogP) is 8.07. The van der Waals surface area contributed by atoms with Crippen LogP contribution >= 0.6 is 22.9 Å². The van der Waals surface area contributed by atoms with E-state index in [1.807, 2.05) is 78.6 Å². The van der Waals surface area contributed by atoms with E-state index < -0.39 is 12.1 Å². The third-order valence-electron chi connectivity index (χ3n) is 9.63. The molecule has 0 spiro atoms. The highest BCUT2D eigenvalue weighted by Gasteiger charge is 2.28. The second kappa shape index (κ2) is 16.1. The van der Waals surface area contributed by atoms with E-state index in [1.165, 1.54) is 10.2 Å². The van der Waals surface area contributed by atoms with Gasteiger partial charge in [0.15, 0.2) is 5.75 Å². The van der Waals surface area contributed by atoms with E-state index in [-0.39, 0.29) is 11.5 Å². The van der Waals surface area contributed by atoms with Gasteiger partial charge in [0.25, 0.3) is 0 Å². The van der Waals surface area contributed by atoms with Gasteiger partial charge in [-0.05, 0) is 72.6 Å². The lowest BCUT2D eigenvalue weighted by Gasteiger charge is -2.26. The molecule has 6 rings (SSSR count). The van der Waals surface area contributed by atoms with Gasteiger partial charge in [-0.3, -0.25) is 9.88 Å². The summed E-state index contributed by atoms with van der Waals surface area (Å²) in [5.41, 5.74) is 5.26. The Morgan fingerprint density at radius 2 is 1.75 bits per heavy atom. The average molecular weight is 807 g/mol. The van der Waals surface area contributed by atoms with Crippen LogP contribution in [-0.4, -0.2) is 86.6 Å². The largest absolute Gasteiger partial charge is 0.492 e. The first kappa shape index (κ1) is 36.8. The van der Waals surface area contributed by atoms with Crippen LogP contribution < -0.4 is 18.5 Å². The number of ether oxygens (including phenoxy) is 3. The van der Waals surface area contributed by atoms with Crippen LogP contribution in [0.25, 0.3) is 21.9 Å². The zero-order valence-corrected chi connectivity index (χ0v) is 32.2. The molecule has 2 saturated heterocycles. The fourth-order valence-electron chi connectivity index (χ4n) is 6.61. The number of aromatic nitrogens is 1. The Kier molecular flexibility index (Phi) is 11.6. The fourth-order valence-corrected chi connectivity index (χ4v) is 7.11. The number of pyridine rings is 1. The van der Waals surface area contributed by atoms with E-state index in [0.717, 1.165) is 85.4 Å². The standard InChI is InChI=1S/C39H47IN6O5/c1-39(2,3)27-21-34(36(49-5)35(22-27)46(40)38(48)51-25-29-9-8-16-44(29)4)43-37(47)42-33-15-14-30(31-10-6-7-11-32(31)33)26-12-13-28(41-23-26)24-45-17-19-50-20-18-45/h6-7,10-15,21-23,29H,8-9,16-20,24-25H2,1-5H3,(H2,42,43,47)/t29-/m0/s1. The minimum atomic E-state index is -0.496. The van der Waals surface area contributed by atoms with E-state index in [9.17, 15) is 9.59 Å². The topological polar surface area (TPSA) is 108 Å². The van der Waals surface area contributed by atoms with Crippen molar-refractivity contribution in [1.29, 1.82) is 0 Å². The molecule has 0 radical (unpaired) electrons. The maximum atomic E-state index is 13.7. The fraction of sp³-hybridized carbons (Fsp3) is 0.410. The van der Waals surface area contributed by atoms with Crippen LogP contribution in [0.3, 0.4) is 0 Å². The summed E-state index contributed by atoms with van der Waals surface area (Å²) in [5, 5.41) is 7.95. The van der Waals surface area contributed by atoms with Crippen molar-refractivity contribution < 1.29 is 23.8 Å². The number of likely N-dealkylation sites (tertiary alicyclic amines) is 1. The molecule has 3 heterocycles. The number of morpholine rings is 1. The van der Waals surface area contributed by atoms with Crippen LogP contribution in [0.5, 0.6) is 5.75 Å². The first-order valence-corrected chi connectivity index (χ1v) is 18.4. The molecular weight excluding hydrogens is 759 g/mol. The smallest absolute Gasteiger partial charge is 0.423 e. The number of likely N-dealkylation sites (N-methyl/N-ethyl adjacent to an activating group) is 1. The van der Waals surface area contributed by atoms with Gasteiger partial charge in [0.05, 0.1) is 60.3 Å². The first-order chi connectivity index (χ1) is 24.5. The van der Waals surface area contributed by atoms with Crippen molar-refractivity contribution in [2.45, 2.75) is 51.6 Å². The lowest BCUT2D eigenvalue weighted by Crippen LogP contribution is -2.35. The molecule has 1 atom stereocenters. The molecule has 2 N–H and O–H groups in total. The molecule has 270 valence electrons. The summed E-state index contributed by atoms with van der Waals surface area (Å²) < 4.78 is 18.4. The Morgan fingerprint density at radius 1 is 1.00 bits per heavy atom. The van der Waals surface area contributed by atoms with Crippen molar-refractivity contribution in [3.63, 3.8) is 0 Å². The highest BCUT2D eigenvalue weighted by atomic mass is 127. The zero-order valence-electron chi connectivity index (χ0n) is 30.0. The number of carbonyl (C=O) groups excluding carboxylic acids is 2. The number of nitrogens with one attached hydrogen (secondary N) is 2. The number of halogens is 1. The van der Waals surface area contributed by atoms with Gasteiger partial charge in [0, 0.05) is 42.8 Å². The molecule has 4 aromatic rings. The second-order valence-corrected chi connectivity index (χ2v) is 15.1. The number of fused-ring (bicyclic) bond motifs is 1. The average Bonchev–Trinajstić information content (AvgIpc) is 3.54. The number of methoxy groups -OCH3 is 1. The monoisotopic (exact) mass is 806 g/mol. The number of urea groups is 1. The van der Waals surface area contributed by atoms with E-state index in [2.05, 4.69) is 59.4 Å². The minimum Gasteiger partial charge on any atom is -0.492 e. The van der Waals surface area contributed by atoms with Crippen LogP contribution in [0.1, 0.15) is 44.9 Å². The summed E-state index contributed by atoms with van der Waals surface area (Å²) in [4.78, 5) is 36.3. The third-order valence-corrected chi connectivity index (χ3v) is 10.5. The van der Waals surface area contributed by atoms with E-state index in [0.29, 0.717) is 29.4 Å². The van der Waals surface area contributed by atoms with Gasteiger partial charge in [-0.2, -0.15) is 0 Å². The summed E-state index contributed by atoms with van der Waals surface area (Å²) in [7, 11) is 3.57. The third kappa shape index (κ3) is 8.74. The molecule has 3 amide bonds. The molecule has 2 aliphatic rings. The Balaban J connectivity index is 1.22.